The van der Waals surface area contributed by atoms with Crippen LogP contribution >= 0.6 is 0 Å². The quantitative estimate of drug-likeness (QED) is 0.264. The van der Waals surface area contributed by atoms with Gasteiger partial charge < -0.3 is 33.9 Å². The lowest BCUT2D eigenvalue weighted by molar-refractivity contribution is 0.0766. The molecule has 0 spiro atoms. The minimum Gasteiger partial charge on any atom is -0.497 e. The van der Waals surface area contributed by atoms with Crippen LogP contribution in [0.2, 0.25) is 0 Å². The Morgan fingerprint density at radius 1 is 1.04 bits per heavy atom. The fourth-order valence-electron chi connectivity index (χ4n) is 6.87. The Morgan fingerprint density at radius 2 is 1.96 bits per heavy atom. The van der Waals surface area contributed by atoms with Crippen molar-refractivity contribution in [3.8, 4) is 22.8 Å². The second kappa shape index (κ2) is 10.8. The van der Waals surface area contributed by atoms with E-state index in [1.165, 1.54) is 0 Å². The van der Waals surface area contributed by atoms with Crippen molar-refractivity contribution in [2.75, 3.05) is 37.6 Å². The third-order valence-corrected chi connectivity index (χ3v) is 9.15. The molecule has 0 radical (unpaired) electrons. The number of morpholine rings is 1. The van der Waals surface area contributed by atoms with Crippen molar-refractivity contribution >= 4 is 34.1 Å². The number of benzene rings is 1. The average molecular weight is 604 g/mol. The zero-order valence-corrected chi connectivity index (χ0v) is 25.4. The average Bonchev–Trinajstić information content (AvgIpc) is 3.87. The van der Waals surface area contributed by atoms with Crippen molar-refractivity contribution in [2.45, 2.75) is 31.7 Å². The maximum absolute atomic E-state index is 14.2. The summed E-state index contributed by atoms with van der Waals surface area (Å²) >= 11 is 0. The van der Waals surface area contributed by atoms with Gasteiger partial charge in [-0.05, 0) is 42.8 Å². The molecule has 2 bridgehead atoms. The molecule has 228 valence electrons. The van der Waals surface area contributed by atoms with Gasteiger partial charge in [-0.25, -0.2) is 9.97 Å². The van der Waals surface area contributed by atoms with Gasteiger partial charge in [-0.1, -0.05) is 0 Å². The molecule has 8 rings (SSSR count). The second-order valence-corrected chi connectivity index (χ2v) is 11.8. The first kappa shape index (κ1) is 27.4. The molecule has 1 unspecified atom stereocenters. The van der Waals surface area contributed by atoms with Gasteiger partial charge in [0.05, 0.1) is 68.0 Å². The zero-order valence-electron chi connectivity index (χ0n) is 25.4. The molecule has 45 heavy (non-hydrogen) atoms. The number of nitrogens with zero attached hydrogens (tertiary/aromatic N) is 6. The van der Waals surface area contributed by atoms with Gasteiger partial charge in [0.15, 0.2) is 0 Å². The Balaban J connectivity index is 1.16. The van der Waals surface area contributed by atoms with E-state index in [2.05, 4.69) is 21.3 Å². The molecule has 0 aliphatic carbocycles. The number of carbonyl (C=O) groups excluding carboxylic acids is 1. The lowest BCUT2D eigenvalue weighted by atomic mass is 10.0. The Morgan fingerprint density at radius 3 is 2.71 bits per heavy atom. The Bertz CT molecular complexity index is 1940. The highest BCUT2D eigenvalue weighted by molar-refractivity contribution is 6.06. The molecule has 4 aromatic heterocycles. The highest BCUT2D eigenvalue weighted by Crippen LogP contribution is 2.40. The van der Waals surface area contributed by atoms with Crippen LogP contribution in [-0.4, -0.2) is 69.8 Å². The number of aryl methyl sites for hydroxylation is 1. The number of amides is 1. The molecular formula is C34H33N7O4. The van der Waals surface area contributed by atoms with Crippen LogP contribution in [0, 0.1) is 0 Å². The van der Waals surface area contributed by atoms with E-state index >= 15 is 0 Å². The van der Waals surface area contributed by atoms with Crippen LogP contribution in [0.25, 0.3) is 22.3 Å². The zero-order chi connectivity index (χ0) is 30.7. The number of nitrogens with one attached hydrogen (secondary N) is 1. The fraction of sp³-hybridized carbons (Fsp3) is 0.294. The molecule has 1 N–H and O–H groups in total. The van der Waals surface area contributed by atoms with E-state index in [1.54, 1.807) is 26.6 Å². The number of fused-ring (bicyclic) bond motifs is 4. The number of hydrogen-bond acceptors (Lipinski definition) is 9. The predicted molar refractivity (Wildman–Crippen MR) is 170 cm³/mol. The minimum atomic E-state index is -0.0860. The SMILES string of the molecule is COc1ccc(CN2Cc3c(-c4ccnc5c4ccn5C)ncc(Nc4ccc(N5CC6C[C@@H]5CO6)cn4)c3C2=O)c(OC)c1. The van der Waals surface area contributed by atoms with Crippen LogP contribution in [-0.2, 0) is 24.9 Å². The molecule has 2 saturated heterocycles. The first-order chi connectivity index (χ1) is 22.0. The number of rotatable bonds is 8. The fourth-order valence-corrected chi connectivity index (χ4v) is 6.87. The molecule has 1 aromatic carbocycles. The summed E-state index contributed by atoms with van der Waals surface area (Å²) in [5, 5.41) is 4.39. The van der Waals surface area contributed by atoms with E-state index in [0.717, 1.165) is 58.7 Å². The van der Waals surface area contributed by atoms with E-state index < -0.39 is 0 Å². The Labute approximate surface area is 260 Å². The van der Waals surface area contributed by atoms with Gasteiger partial charge in [0, 0.05) is 67.2 Å². The summed E-state index contributed by atoms with van der Waals surface area (Å²) in [5.74, 6) is 1.92. The maximum Gasteiger partial charge on any atom is 0.257 e. The normalized spacial score (nSPS) is 18.6. The van der Waals surface area contributed by atoms with Crippen molar-refractivity contribution in [2.24, 2.45) is 7.05 Å². The lowest BCUT2D eigenvalue weighted by Gasteiger charge is -2.28. The summed E-state index contributed by atoms with van der Waals surface area (Å²) in [5.41, 5.74) is 6.60. The predicted octanol–water partition coefficient (Wildman–Crippen LogP) is 4.92. The number of ether oxygens (including phenoxy) is 3. The monoisotopic (exact) mass is 603 g/mol. The minimum absolute atomic E-state index is 0.0860. The third-order valence-electron chi connectivity index (χ3n) is 9.15. The molecule has 5 aromatic rings. The molecular weight excluding hydrogens is 570 g/mol. The van der Waals surface area contributed by atoms with Crippen molar-refractivity contribution in [1.29, 1.82) is 0 Å². The molecule has 1 amide bonds. The van der Waals surface area contributed by atoms with Gasteiger partial charge in [0.25, 0.3) is 5.91 Å². The van der Waals surface area contributed by atoms with Crippen molar-refractivity contribution in [3.63, 3.8) is 0 Å². The Kier molecular flexibility index (Phi) is 6.56. The summed E-state index contributed by atoms with van der Waals surface area (Å²) in [6.07, 6.45) is 8.78. The van der Waals surface area contributed by atoms with Crippen molar-refractivity contribution in [1.82, 2.24) is 24.4 Å². The van der Waals surface area contributed by atoms with Gasteiger partial charge >= 0.3 is 0 Å². The van der Waals surface area contributed by atoms with Crippen LogP contribution in [0.5, 0.6) is 11.5 Å². The van der Waals surface area contributed by atoms with Crippen LogP contribution in [0.4, 0.5) is 17.2 Å². The first-order valence-electron chi connectivity index (χ1n) is 15.0. The number of pyridine rings is 3. The summed E-state index contributed by atoms with van der Waals surface area (Å²) in [4.78, 5) is 32.6. The van der Waals surface area contributed by atoms with Crippen molar-refractivity contribution < 1.29 is 19.0 Å². The van der Waals surface area contributed by atoms with Gasteiger partial charge in [-0.15, -0.1) is 0 Å². The summed E-state index contributed by atoms with van der Waals surface area (Å²) in [7, 11) is 5.21. The van der Waals surface area contributed by atoms with Crippen molar-refractivity contribution in [3.05, 3.63) is 83.9 Å². The number of methoxy groups -OCH3 is 2. The number of anilines is 3. The van der Waals surface area contributed by atoms with E-state index in [-0.39, 0.29) is 5.91 Å². The lowest BCUT2D eigenvalue weighted by Crippen LogP contribution is -2.36. The number of aromatic nitrogens is 4. The van der Waals surface area contributed by atoms with E-state index in [1.807, 2.05) is 65.3 Å². The Hall–Kier alpha value is -5.16. The molecule has 3 aliphatic heterocycles. The molecule has 7 heterocycles. The smallest absolute Gasteiger partial charge is 0.257 e. The largest absolute Gasteiger partial charge is 0.497 e. The number of hydrogen-bond donors (Lipinski definition) is 1. The third kappa shape index (κ3) is 4.62. The van der Waals surface area contributed by atoms with Gasteiger partial charge in [-0.3, -0.25) is 9.78 Å². The summed E-state index contributed by atoms with van der Waals surface area (Å²) in [6.45, 7) is 2.42. The van der Waals surface area contributed by atoms with E-state index in [9.17, 15) is 4.79 Å². The number of carbonyl (C=O) groups is 1. The van der Waals surface area contributed by atoms with Crippen LogP contribution < -0.4 is 19.7 Å². The first-order valence-corrected chi connectivity index (χ1v) is 15.0. The highest BCUT2D eigenvalue weighted by atomic mass is 16.5. The topological polar surface area (TPSA) is 107 Å². The molecule has 11 heteroatoms. The van der Waals surface area contributed by atoms with Gasteiger partial charge in [0.1, 0.15) is 23.0 Å². The standard InChI is InChI=1S/C34H33N7O4/c1-39-11-9-26-25(8-10-35-33(26)39)32-27-18-40(16-20-4-6-23(43-2)13-29(20)44-3)34(42)31(27)28(15-37-32)38-30-7-5-21(14-36-30)41-17-24-12-22(41)19-45-24/h4-11,13-15,22,24H,12,16-19H2,1-3H3,(H,36,38)/t22-,24?/m1/s1. The molecule has 0 saturated carbocycles. The van der Waals surface area contributed by atoms with Crippen LogP contribution in [0.1, 0.15) is 27.9 Å². The van der Waals surface area contributed by atoms with E-state index in [0.29, 0.717) is 53.8 Å². The molecule has 3 aliphatic rings. The molecule has 2 atom stereocenters. The van der Waals surface area contributed by atoms with Gasteiger partial charge in [0.2, 0.25) is 0 Å². The summed E-state index contributed by atoms with van der Waals surface area (Å²) in [6, 6.07) is 14.1. The van der Waals surface area contributed by atoms with Crippen LogP contribution in [0.15, 0.2) is 67.3 Å². The molecule has 2 fully saturated rings. The van der Waals surface area contributed by atoms with Gasteiger partial charge in [-0.2, -0.15) is 0 Å². The maximum atomic E-state index is 14.2. The highest BCUT2D eigenvalue weighted by Gasteiger charge is 2.39. The van der Waals surface area contributed by atoms with Crippen LogP contribution in [0.3, 0.4) is 0 Å². The summed E-state index contributed by atoms with van der Waals surface area (Å²) < 4.78 is 18.8. The molecule has 11 nitrogen and oxygen atoms in total. The second-order valence-electron chi connectivity index (χ2n) is 11.8. The van der Waals surface area contributed by atoms with E-state index in [4.69, 9.17) is 24.2 Å².